The van der Waals surface area contributed by atoms with E-state index in [1.54, 1.807) is 0 Å². The van der Waals surface area contributed by atoms with Gasteiger partial charge in [-0.05, 0) is 19.3 Å². The lowest BCUT2D eigenvalue weighted by atomic mass is 9.81. The summed E-state index contributed by atoms with van der Waals surface area (Å²) in [6.07, 6.45) is 0. The van der Waals surface area contributed by atoms with Gasteiger partial charge in [0.1, 0.15) is 0 Å². The summed E-state index contributed by atoms with van der Waals surface area (Å²) in [4.78, 5) is 27.9. The first kappa shape index (κ1) is 17.0. The van der Waals surface area contributed by atoms with Crippen LogP contribution in [0.2, 0.25) is 0 Å². The summed E-state index contributed by atoms with van der Waals surface area (Å²) in [7, 11) is 0. The summed E-state index contributed by atoms with van der Waals surface area (Å²) in [6.45, 7) is 14.6. The van der Waals surface area contributed by atoms with Crippen molar-refractivity contribution in [2.24, 2.45) is 17.1 Å². The lowest BCUT2D eigenvalue weighted by Gasteiger charge is -2.43. The zero-order valence-corrected chi connectivity index (χ0v) is 13.7. The molecule has 5 heteroatoms. The molecule has 0 saturated carbocycles. The van der Waals surface area contributed by atoms with Crippen LogP contribution in [0.15, 0.2) is 0 Å². The summed E-state index contributed by atoms with van der Waals surface area (Å²) in [5.41, 5.74) is 4.76. The highest BCUT2D eigenvalue weighted by atomic mass is 16.2. The Morgan fingerprint density at radius 3 is 1.80 bits per heavy atom. The molecule has 2 N–H and O–H groups in total. The van der Waals surface area contributed by atoms with Crippen molar-refractivity contribution in [2.75, 3.05) is 26.2 Å². The van der Waals surface area contributed by atoms with Gasteiger partial charge in [-0.3, -0.25) is 14.5 Å². The number of piperazine rings is 1. The molecule has 1 heterocycles. The van der Waals surface area contributed by atoms with Gasteiger partial charge in [0, 0.05) is 32.1 Å². The van der Waals surface area contributed by atoms with Crippen LogP contribution in [-0.2, 0) is 9.59 Å². The Hall–Kier alpha value is -1.10. The van der Waals surface area contributed by atoms with Crippen LogP contribution < -0.4 is 5.73 Å². The number of primary amides is 1. The maximum atomic E-state index is 12.5. The van der Waals surface area contributed by atoms with E-state index < -0.39 is 5.54 Å². The van der Waals surface area contributed by atoms with Crippen LogP contribution in [0.5, 0.6) is 0 Å². The van der Waals surface area contributed by atoms with Gasteiger partial charge in [-0.15, -0.1) is 0 Å². The Labute approximate surface area is 122 Å². The number of rotatable bonds is 3. The van der Waals surface area contributed by atoms with Gasteiger partial charge in [0.05, 0.1) is 5.54 Å². The van der Waals surface area contributed by atoms with Crippen molar-refractivity contribution in [3.05, 3.63) is 0 Å². The number of amides is 2. The molecule has 1 rings (SSSR count). The van der Waals surface area contributed by atoms with Gasteiger partial charge in [-0.1, -0.05) is 27.7 Å². The molecule has 5 nitrogen and oxygen atoms in total. The normalized spacial score (nSPS) is 19.8. The molecule has 1 fully saturated rings. The topological polar surface area (TPSA) is 66.6 Å². The lowest BCUT2D eigenvalue weighted by Crippen LogP contribution is -2.61. The van der Waals surface area contributed by atoms with Crippen LogP contribution >= 0.6 is 0 Å². The molecule has 2 amide bonds. The molecule has 0 aliphatic carbocycles. The largest absolute Gasteiger partial charge is 0.368 e. The van der Waals surface area contributed by atoms with E-state index in [-0.39, 0.29) is 23.1 Å². The lowest BCUT2D eigenvalue weighted by molar-refractivity contribution is -0.142. The minimum Gasteiger partial charge on any atom is -0.368 e. The van der Waals surface area contributed by atoms with Crippen molar-refractivity contribution in [3.8, 4) is 0 Å². The second-order valence-electron chi connectivity index (χ2n) is 7.32. The molecule has 1 saturated heterocycles. The van der Waals surface area contributed by atoms with E-state index >= 15 is 0 Å². The van der Waals surface area contributed by atoms with Crippen molar-refractivity contribution in [2.45, 2.75) is 47.1 Å². The highest BCUT2D eigenvalue weighted by molar-refractivity contribution is 5.83. The summed E-state index contributed by atoms with van der Waals surface area (Å²) in [5.74, 6) is -0.118. The van der Waals surface area contributed by atoms with Gasteiger partial charge < -0.3 is 10.6 Å². The van der Waals surface area contributed by atoms with E-state index in [1.165, 1.54) is 0 Å². The Kier molecular flexibility index (Phi) is 4.85. The van der Waals surface area contributed by atoms with E-state index in [4.69, 9.17) is 5.73 Å². The minimum atomic E-state index is -0.648. The molecule has 1 atom stereocenters. The SMILES string of the molecule is CC(C(=O)N1CCN(C(C)(C)C(N)=O)CC1)C(C)(C)C. The number of hydrogen-bond donors (Lipinski definition) is 1. The van der Waals surface area contributed by atoms with Crippen molar-refractivity contribution in [1.29, 1.82) is 0 Å². The van der Waals surface area contributed by atoms with Crippen molar-refractivity contribution < 1.29 is 9.59 Å². The van der Waals surface area contributed by atoms with E-state index in [1.807, 2.05) is 25.7 Å². The first-order valence-electron chi connectivity index (χ1n) is 7.31. The van der Waals surface area contributed by atoms with E-state index in [9.17, 15) is 9.59 Å². The Bertz CT molecular complexity index is 377. The molecule has 1 aliphatic rings. The molecular formula is C15H29N3O2. The zero-order valence-electron chi connectivity index (χ0n) is 13.7. The maximum Gasteiger partial charge on any atom is 0.237 e. The Morgan fingerprint density at radius 1 is 1.00 bits per heavy atom. The summed E-state index contributed by atoms with van der Waals surface area (Å²) in [5, 5.41) is 0. The van der Waals surface area contributed by atoms with E-state index in [0.717, 1.165) is 0 Å². The molecule has 0 aromatic heterocycles. The molecule has 0 aromatic rings. The predicted molar refractivity (Wildman–Crippen MR) is 80.0 cm³/mol. The fraction of sp³-hybridized carbons (Fsp3) is 0.867. The second kappa shape index (κ2) is 5.72. The van der Waals surface area contributed by atoms with Gasteiger partial charge in [-0.25, -0.2) is 0 Å². The van der Waals surface area contributed by atoms with E-state index in [2.05, 4.69) is 25.7 Å². The number of nitrogens with two attached hydrogens (primary N) is 1. The molecule has 20 heavy (non-hydrogen) atoms. The standard InChI is InChI=1S/C15H29N3O2/c1-11(14(2,3)4)12(19)17-7-9-18(10-8-17)15(5,6)13(16)20/h11H,7-10H2,1-6H3,(H2,16,20). The van der Waals surface area contributed by atoms with Gasteiger partial charge in [-0.2, -0.15) is 0 Å². The van der Waals surface area contributed by atoms with E-state index in [0.29, 0.717) is 26.2 Å². The summed E-state index contributed by atoms with van der Waals surface area (Å²) < 4.78 is 0. The molecule has 0 bridgehead atoms. The first-order valence-corrected chi connectivity index (χ1v) is 7.31. The fourth-order valence-electron chi connectivity index (χ4n) is 2.29. The molecule has 0 aromatic carbocycles. The third-order valence-electron chi connectivity index (χ3n) is 4.65. The smallest absolute Gasteiger partial charge is 0.237 e. The van der Waals surface area contributed by atoms with Gasteiger partial charge >= 0.3 is 0 Å². The van der Waals surface area contributed by atoms with Gasteiger partial charge in [0.25, 0.3) is 0 Å². The molecular weight excluding hydrogens is 254 g/mol. The van der Waals surface area contributed by atoms with Crippen LogP contribution in [0.4, 0.5) is 0 Å². The van der Waals surface area contributed by atoms with Crippen LogP contribution in [0.3, 0.4) is 0 Å². The third kappa shape index (κ3) is 3.51. The molecule has 0 radical (unpaired) electrons. The number of hydrogen-bond acceptors (Lipinski definition) is 3. The molecule has 1 aliphatic heterocycles. The number of carbonyl (C=O) groups is 2. The van der Waals surface area contributed by atoms with Crippen molar-refractivity contribution in [1.82, 2.24) is 9.80 Å². The summed E-state index contributed by atoms with van der Waals surface area (Å²) in [6, 6.07) is 0. The minimum absolute atomic E-state index is 0.00167. The highest BCUT2D eigenvalue weighted by Crippen LogP contribution is 2.28. The van der Waals surface area contributed by atoms with Crippen molar-refractivity contribution >= 4 is 11.8 Å². The average Bonchev–Trinajstić information content (AvgIpc) is 2.35. The highest BCUT2D eigenvalue weighted by Gasteiger charge is 2.37. The quantitative estimate of drug-likeness (QED) is 0.842. The number of nitrogens with zero attached hydrogens (tertiary/aromatic N) is 2. The summed E-state index contributed by atoms with van der Waals surface area (Å²) >= 11 is 0. The second-order valence-corrected chi connectivity index (χ2v) is 7.32. The Morgan fingerprint density at radius 2 is 1.45 bits per heavy atom. The fourth-order valence-corrected chi connectivity index (χ4v) is 2.29. The van der Waals surface area contributed by atoms with Crippen LogP contribution in [0.25, 0.3) is 0 Å². The first-order chi connectivity index (χ1) is 8.98. The maximum absolute atomic E-state index is 12.5. The van der Waals surface area contributed by atoms with Crippen LogP contribution in [-0.4, -0.2) is 53.3 Å². The molecule has 0 spiro atoms. The third-order valence-corrected chi connectivity index (χ3v) is 4.65. The molecule has 116 valence electrons. The Balaban J connectivity index is 2.63. The predicted octanol–water partition coefficient (Wildman–Crippen LogP) is 1.08. The van der Waals surface area contributed by atoms with Crippen LogP contribution in [0.1, 0.15) is 41.5 Å². The zero-order chi connectivity index (χ0) is 15.7. The molecule has 1 unspecified atom stereocenters. The van der Waals surface area contributed by atoms with Gasteiger partial charge in [0.2, 0.25) is 11.8 Å². The van der Waals surface area contributed by atoms with Gasteiger partial charge in [0.15, 0.2) is 0 Å². The van der Waals surface area contributed by atoms with Crippen molar-refractivity contribution in [3.63, 3.8) is 0 Å². The average molecular weight is 283 g/mol. The van der Waals surface area contributed by atoms with Crippen LogP contribution in [0, 0.1) is 11.3 Å². The monoisotopic (exact) mass is 283 g/mol. The number of carbonyl (C=O) groups excluding carboxylic acids is 2.